The van der Waals surface area contributed by atoms with Gasteiger partial charge in [0.05, 0.1) is 24.2 Å². The average Bonchev–Trinajstić information content (AvgIpc) is 2.37. The van der Waals surface area contributed by atoms with E-state index in [0.717, 1.165) is 18.1 Å². The molecule has 0 fully saturated rings. The number of hydrogen-bond donors (Lipinski definition) is 2. The smallest absolute Gasteiger partial charge is 0.229 e. The van der Waals surface area contributed by atoms with E-state index in [1.807, 2.05) is 6.92 Å². The van der Waals surface area contributed by atoms with Gasteiger partial charge in [0.1, 0.15) is 5.82 Å². The van der Waals surface area contributed by atoms with Crippen LogP contribution < -0.4 is 10.0 Å². The summed E-state index contributed by atoms with van der Waals surface area (Å²) in [6.07, 6.45) is 3.82. The Hall–Kier alpha value is -2.15. The number of benzene rings is 1. The molecule has 0 bridgehead atoms. The second kappa shape index (κ2) is 6.09. The van der Waals surface area contributed by atoms with Crippen molar-refractivity contribution in [2.24, 2.45) is 0 Å². The van der Waals surface area contributed by atoms with Crippen molar-refractivity contribution in [3.05, 3.63) is 54.1 Å². The van der Waals surface area contributed by atoms with Crippen molar-refractivity contribution >= 4 is 21.4 Å². The fraction of sp³-hybridized carbons (Fsp3) is 0.214. The van der Waals surface area contributed by atoms with Crippen molar-refractivity contribution in [1.29, 1.82) is 0 Å². The number of rotatable bonds is 5. The Balaban J connectivity index is 2.14. The number of hydrogen-bond acceptors (Lipinski definition) is 4. The first-order chi connectivity index (χ1) is 9.83. The zero-order chi connectivity index (χ0) is 15.5. The van der Waals surface area contributed by atoms with Gasteiger partial charge in [-0.1, -0.05) is 6.07 Å². The van der Waals surface area contributed by atoms with Crippen LogP contribution in [-0.4, -0.2) is 19.7 Å². The summed E-state index contributed by atoms with van der Waals surface area (Å²) >= 11 is 0. The van der Waals surface area contributed by atoms with Crippen molar-refractivity contribution in [3.63, 3.8) is 0 Å². The maximum atomic E-state index is 13.1. The summed E-state index contributed by atoms with van der Waals surface area (Å²) in [6, 6.07) is 8.10. The first-order valence-electron chi connectivity index (χ1n) is 6.28. The van der Waals surface area contributed by atoms with Crippen LogP contribution in [0, 0.1) is 5.82 Å². The van der Waals surface area contributed by atoms with Gasteiger partial charge in [-0.3, -0.25) is 9.71 Å². The zero-order valence-electron chi connectivity index (χ0n) is 11.7. The quantitative estimate of drug-likeness (QED) is 0.891. The number of aromatic nitrogens is 1. The van der Waals surface area contributed by atoms with Crippen LogP contribution in [0.2, 0.25) is 0 Å². The van der Waals surface area contributed by atoms with Gasteiger partial charge in [0, 0.05) is 11.9 Å². The third kappa shape index (κ3) is 4.71. The Morgan fingerprint density at radius 3 is 2.57 bits per heavy atom. The molecule has 21 heavy (non-hydrogen) atoms. The van der Waals surface area contributed by atoms with Gasteiger partial charge in [-0.05, 0) is 36.8 Å². The van der Waals surface area contributed by atoms with Gasteiger partial charge < -0.3 is 5.32 Å². The van der Waals surface area contributed by atoms with Gasteiger partial charge in [0.2, 0.25) is 10.0 Å². The highest BCUT2D eigenvalue weighted by molar-refractivity contribution is 7.92. The lowest BCUT2D eigenvalue weighted by Gasteiger charge is -2.16. The number of sulfonamides is 1. The molecular weight excluding hydrogens is 293 g/mol. The molecule has 0 spiro atoms. The molecule has 0 radical (unpaired) electrons. The first-order valence-corrected chi connectivity index (χ1v) is 8.17. The molecule has 1 unspecified atom stereocenters. The summed E-state index contributed by atoms with van der Waals surface area (Å²) < 4.78 is 38.0. The zero-order valence-corrected chi connectivity index (χ0v) is 12.5. The minimum absolute atomic E-state index is 0.165. The van der Waals surface area contributed by atoms with Gasteiger partial charge >= 0.3 is 0 Å². The summed E-state index contributed by atoms with van der Waals surface area (Å²) in [4.78, 5) is 3.81. The standard InChI is InChI=1S/C14H16FN3O2S/c1-10(11-6-12(15)9-16-8-11)17-13-4-3-5-14(7-13)18-21(2,19)20/h3-10,17-18H,1-2H3. The molecule has 1 atom stereocenters. The van der Waals surface area contributed by atoms with Crippen molar-refractivity contribution in [1.82, 2.24) is 4.98 Å². The first kappa shape index (κ1) is 15.2. The van der Waals surface area contributed by atoms with E-state index in [4.69, 9.17) is 0 Å². The lowest BCUT2D eigenvalue weighted by Crippen LogP contribution is -2.11. The topological polar surface area (TPSA) is 71.1 Å². The Bertz CT molecular complexity index is 735. The number of halogens is 1. The van der Waals surface area contributed by atoms with E-state index >= 15 is 0 Å². The Morgan fingerprint density at radius 2 is 1.90 bits per heavy atom. The van der Waals surface area contributed by atoms with E-state index in [0.29, 0.717) is 11.3 Å². The van der Waals surface area contributed by atoms with Crippen LogP contribution in [-0.2, 0) is 10.0 Å². The van der Waals surface area contributed by atoms with Crippen molar-refractivity contribution in [2.75, 3.05) is 16.3 Å². The molecule has 2 rings (SSSR count). The third-order valence-corrected chi connectivity index (χ3v) is 3.38. The van der Waals surface area contributed by atoms with Gasteiger partial charge in [0.25, 0.3) is 0 Å². The van der Waals surface area contributed by atoms with Crippen LogP contribution >= 0.6 is 0 Å². The van der Waals surface area contributed by atoms with Crippen molar-refractivity contribution in [2.45, 2.75) is 13.0 Å². The summed E-state index contributed by atoms with van der Waals surface area (Å²) in [7, 11) is -3.32. The largest absolute Gasteiger partial charge is 0.378 e. The number of nitrogens with one attached hydrogen (secondary N) is 2. The average molecular weight is 309 g/mol. The van der Waals surface area contributed by atoms with Crippen LogP contribution in [0.1, 0.15) is 18.5 Å². The van der Waals surface area contributed by atoms with Gasteiger partial charge in [-0.25, -0.2) is 12.8 Å². The molecule has 0 aliphatic heterocycles. The number of anilines is 2. The summed E-state index contributed by atoms with van der Waals surface area (Å²) in [5.41, 5.74) is 1.89. The number of nitrogens with zero attached hydrogens (tertiary/aromatic N) is 1. The Kier molecular flexibility index (Phi) is 4.42. The van der Waals surface area contributed by atoms with E-state index in [1.165, 1.54) is 6.07 Å². The van der Waals surface area contributed by atoms with Gasteiger partial charge in [0.15, 0.2) is 0 Å². The van der Waals surface area contributed by atoms with E-state index < -0.39 is 15.8 Å². The molecule has 0 saturated carbocycles. The molecule has 0 aliphatic carbocycles. The molecule has 5 nitrogen and oxygen atoms in total. The maximum Gasteiger partial charge on any atom is 0.229 e. The van der Waals surface area contributed by atoms with Crippen LogP contribution in [0.5, 0.6) is 0 Å². The molecule has 0 saturated heterocycles. The van der Waals surface area contributed by atoms with Crippen molar-refractivity contribution < 1.29 is 12.8 Å². The Morgan fingerprint density at radius 1 is 1.19 bits per heavy atom. The molecule has 1 heterocycles. The normalized spacial score (nSPS) is 12.7. The molecule has 2 aromatic rings. The minimum atomic E-state index is -3.32. The van der Waals surface area contributed by atoms with E-state index in [-0.39, 0.29) is 6.04 Å². The molecule has 0 aliphatic rings. The third-order valence-electron chi connectivity index (χ3n) is 2.78. The second-order valence-corrected chi connectivity index (χ2v) is 6.51. The van der Waals surface area contributed by atoms with E-state index in [1.54, 1.807) is 30.5 Å². The minimum Gasteiger partial charge on any atom is -0.378 e. The SMILES string of the molecule is CC(Nc1cccc(NS(C)(=O)=O)c1)c1cncc(F)c1. The van der Waals surface area contributed by atoms with Crippen molar-refractivity contribution in [3.8, 4) is 0 Å². The van der Waals surface area contributed by atoms with E-state index in [9.17, 15) is 12.8 Å². The van der Waals surface area contributed by atoms with Crippen LogP contribution in [0.4, 0.5) is 15.8 Å². The summed E-state index contributed by atoms with van der Waals surface area (Å²) in [5.74, 6) is -0.395. The fourth-order valence-electron chi connectivity index (χ4n) is 1.88. The Labute approximate surface area is 123 Å². The summed E-state index contributed by atoms with van der Waals surface area (Å²) in [6.45, 7) is 1.87. The fourth-order valence-corrected chi connectivity index (χ4v) is 2.44. The highest BCUT2D eigenvalue weighted by Crippen LogP contribution is 2.22. The monoisotopic (exact) mass is 309 g/mol. The predicted molar refractivity (Wildman–Crippen MR) is 81.1 cm³/mol. The molecular formula is C14H16FN3O2S. The molecule has 0 amide bonds. The van der Waals surface area contributed by atoms with E-state index in [2.05, 4.69) is 15.0 Å². The lowest BCUT2D eigenvalue weighted by molar-refractivity contribution is 0.606. The predicted octanol–water partition coefficient (Wildman–Crippen LogP) is 2.77. The van der Waals surface area contributed by atoms with Crippen LogP contribution in [0.25, 0.3) is 0 Å². The van der Waals surface area contributed by atoms with Crippen LogP contribution in [0.15, 0.2) is 42.7 Å². The highest BCUT2D eigenvalue weighted by atomic mass is 32.2. The number of pyridine rings is 1. The summed E-state index contributed by atoms with van der Waals surface area (Å²) in [5, 5.41) is 3.17. The molecule has 112 valence electrons. The van der Waals surface area contributed by atoms with Gasteiger partial charge in [-0.15, -0.1) is 0 Å². The molecule has 7 heteroatoms. The molecule has 1 aromatic heterocycles. The lowest BCUT2D eigenvalue weighted by atomic mass is 10.1. The molecule has 2 N–H and O–H groups in total. The highest BCUT2D eigenvalue weighted by Gasteiger charge is 2.08. The maximum absolute atomic E-state index is 13.1. The van der Waals surface area contributed by atoms with Crippen LogP contribution in [0.3, 0.4) is 0 Å². The second-order valence-electron chi connectivity index (χ2n) is 4.76. The van der Waals surface area contributed by atoms with Gasteiger partial charge in [-0.2, -0.15) is 0 Å². The molecule has 1 aromatic carbocycles.